The SMILES string of the molecule is COc1cnc2c(Nc3cc(F)c(F)c(C4N=C(N)S[C@](C)(CO)[C@H]4C)c3)ncnc2c1. The monoisotopic (exact) mass is 460 g/mol. The van der Waals surface area contributed by atoms with Gasteiger partial charge in [-0.25, -0.2) is 23.7 Å². The third kappa shape index (κ3) is 3.93. The molecule has 0 fully saturated rings. The van der Waals surface area contributed by atoms with Crippen molar-refractivity contribution >= 4 is 39.5 Å². The third-order valence-corrected chi connectivity index (χ3v) is 6.96. The van der Waals surface area contributed by atoms with Crippen LogP contribution in [0.4, 0.5) is 20.3 Å². The van der Waals surface area contributed by atoms with Crippen molar-refractivity contribution in [3.63, 3.8) is 0 Å². The van der Waals surface area contributed by atoms with Crippen LogP contribution < -0.4 is 15.8 Å². The van der Waals surface area contributed by atoms with Gasteiger partial charge in [0.25, 0.3) is 0 Å². The molecule has 0 saturated heterocycles. The number of nitrogens with zero attached hydrogens (tertiary/aromatic N) is 4. The number of hydrogen-bond donors (Lipinski definition) is 3. The molecule has 168 valence electrons. The molecule has 2 aromatic heterocycles. The molecule has 0 saturated carbocycles. The number of methoxy groups -OCH3 is 1. The van der Waals surface area contributed by atoms with Gasteiger partial charge in [0.05, 0.1) is 31.5 Å². The molecular formula is C21H22F2N6O2S. The highest BCUT2D eigenvalue weighted by Crippen LogP contribution is 2.46. The molecule has 8 nitrogen and oxygen atoms in total. The van der Waals surface area contributed by atoms with Gasteiger partial charge in [0.1, 0.15) is 17.6 Å². The van der Waals surface area contributed by atoms with Crippen LogP contribution >= 0.6 is 11.8 Å². The Morgan fingerprint density at radius 1 is 1.25 bits per heavy atom. The van der Waals surface area contributed by atoms with Crippen molar-refractivity contribution in [2.45, 2.75) is 24.6 Å². The van der Waals surface area contributed by atoms with Crippen LogP contribution in [0.3, 0.4) is 0 Å². The Hall–Kier alpha value is -3.05. The lowest BCUT2D eigenvalue weighted by atomic mass is 9.84. The van der Waals surface area contributed by atoms with Gasteiger partial charge in [0, 0.05) is 28.1 Å². The summed E-state index contributed by atoms with van der Waals surface area (Å²) in [4.78, 5) is 17.0. The molecule has 1 unspecified atom stereocenters. The minimum absolute atomic E-state index is 0.0379. The number of nitrogens with one attached hydrogen (secondary N) is 1. The minimum atomic E-state index is -1.04. The van der Waals surface area contributed by atoms with Crippen LogP contribution in [0.15, 0.2) is 35.7 Å². The predicted molar refractivity (Wildman–Crippen MR) is 120 cm³/mol. The second-order valence-corrected chi connectivity index (χ2v) is 9.28. The van der Waals surface area contributed by atoms with Crippen molar-refractivity contribution in [3.05, 3.63) is 47.9 Å². The molecule has 4 N–H and O–H groups in total. The number of amidine groups is 1. The summed E-state index contributed by atoms with van der Waals surface area (Å²) in [6, 6.07) is 3.44. The van der Waals surface area contributed by atoms with Crippen LogP contribution in [0.1, 0.15) is 25.5 Å². The van der Waals surface area contributed by atoms with Gasteiger partial charge in [0.15, 0.2) is 22.6 Å². The number of nitrogens with two attached hydrogens (primary N) is 1. The molecule has 32 heavy (non-hydrogen) atoms. The Labute approximate surface area is 187 Å². The zero-order valence-corrected chi connectivity index (χ0v) is 18.5. The molecule has 1 aromatic carbocycles. The van der Waals surface area contributed by atoms with Crippen molar-refractivity contribution in [2.24, 2.45) is 16.6 Å². The number of aliphatic imine (C=N–C) groups is 1. The van der Waals surface area contributed by atoms with Crippen molar-refractivity contribution in [1.29, 1.82) is 0 Å². The predicted octanol–water partition coefficient (Wildman–Crippen LogP) is 3.54. The maximum atomic E-state index is 14.9. The summed E-state index contributed by atoms with van der Waals surface area (Å²) in [7, 11) is 1.52. The fourth-order valence-electron chi connectivity index (χ4n) is 3.62. The van der Waals surface area contributed by atoms with Gasteiger partial charge in [0.2, 0.25) is 0 Å². The van der Waals surface area contributed by atoms with E-state index >= 15 is 0 Å². The number of rotatable bonds is 5. The lowest BCUT2D eigenvalue weighted by molar-refractivity contribution is 0.204. The van der Waals surface area contributed by atoms with Crippen LogP contribution in [0, 0.1) is 17.6 Å². The van der Waals surface area contributed by atoms with Crippen molar-refractivity contribution in [3.8, 4) is 5.75 Å². The number of hydrogen-bond acceptors (Lipinski definition) is 9. The average Bonchev–Trinajstić information content (AvgIpc) is 2.78. The minimum Gasteiger partial charge on any atom is -0.495 e. The lowest BCUT2D eigenvalue weighted by Gasteiger charge is -2.40. The first-order valence-corrected chi connectivity index (χ1v) is 10.6. The Balaban J connectivity index is 1.76. The molecule has 4 rings (SSSR count). The van der Waals surface area contributed by atoms with E-state index < -0.39 is 22.4 Å². The summed E-state index contributed by atoms with van der Waals surface area (Å²) in [5.41, 5.74) is 7.22. The van der Waals surface area contributed by atoms with Gasteiger partial charge in [-0.3, -0.25) is 4.99 Å². The lowest BCUT2D eigenvalue weighted by Crippen LogP contribution is -2.42. The summed E-state index contributed by atoms with van der Waals surface area (Å²) >= 11 is 1.23. The molecule has 11 heteroatoms. The third-order valence-electron chi connectivity index (χ3n) is 5.68. The number of thioether (sulfide) groups is 1. The van der Waals surface area contributed by atoms with E-state index in [-0.39, 0.29) is 28.9 Å². The Morgan fingerprint density at radius 2 is 2.03 bits per heavy atom. The molecular weight excluding hydrogens is 438 g/mol. The van der Waals surface area contributed by atoms with E-state index in [2.05, 4.69) is 25.3 Å². The van der Waals surface area contributed by atoms with Gasteiger partial charge < -0.3 is 20.9 Å². The molecule has 3 aromatic rings. The van der Waals surface area contributed by atoms with Crippen LogP contribution in [-0.4, -0.2) is 43.7 Å². The van der Waals surface area contributed by atoms with Crippen molar-refractivity contribution < 1.29 is 18.6 Å². The van der Waals surface area contributed by atoms with Crippen LogP contribution in [0.25, 0.3) is 11.0 Å². The second kappa shape index (κ2) is 8.47. The Bertz CT molecular complexity index is 1210. The number of aliphatic hydroxyl groups excluding tert-OH is 1. The van der Waals surface area contributed by atoms with Crippen LogP contribution in [0.2, 0.25) is 0 Å². The summed E-state index contributed by atoms with van der Waals surface area (Å²) in [5.74, 6) is -1.51. The first-order chi connectivity index (χ1) is 15.3. The zero-order valence-electron chi connectivity index (χ0n) is 17.6. The highest BCUT2D eigenvalue weighted by atomic mass is 32.2. The molecule has 1 aliphatic heterocycles. The van der Waals surface area contributed by atoms with E-state index in [0.717, 1.165) is 6.07 Å². The van der Waals surface area contributed by atoms with Gasteiger partial charge in [-0.05, 0) is 18.9 Å². The zero-order chi connectivity index (χ0) is 23.0. The van der Waals surface area contributed by atoms with E-state index in [1.807, 2.05) is 13.8 Å². The fraction of sp³-hybridized carbons (Fsp3) is 0.333. The van der Waals surface area contributed by atoms with E-state index in [1.165, 1.54) is 37.5 Å². The fourth-order valence-corrected chi connectivity index (χ4v) is 4.64. The van der Waals surface area contributed by atoms with Gasteiger partial charge in [-0.1, -0.05) is 18.7 Å². The molecule has 3 heterocycles. The number of pyridine rings is 1. The summed E-state index contributed by atoms with van der Waals surface area (Å²) in [6.45, 7) is 3.46. The van der Waals surface area contributed by atoms with Crippen molar-refractivity contribution in [2.75, 3.05) is 19.0 Å². The molecule has 3 atom stereocenters. The van der Waals surface area contributed by atoms with Crippen LogP contribution in [0.5, 0.6) is 5.75 Å². The number of aromatic nitrogens is 3. The number of anilines is 2. The van der Waals surface area contributed by atoms with Gasteiger partial charge in [-0.15, -0.1) is 0 Å². The smallest absolute Gasteiger partial charge is 0.164 e. The first-order valence-electron chi connectivity index (χ1n) is 9.79. The van der Waals surface area contributed by atoms with Crippen molar-refractivity contribution in [1.82, 2.24) is 15.0 Å². The van der Waals surface area contributed by atoms with E-state index in [0.29, 0.717) is 22.6 Å². The Kier molecular flexibility index (Phi) is 5.87. The largest absolute Gasteiger partial charge is 0.495 e. The quantitative estimate of drug-likeness (QED) is 0.529. The van der Waals surface area contributed by atoms with E-state index in [9.17, 15) is 13.9 Å². The second-order valence-electron chi connectivity index (χ2n) is 7.73. The maximum absolute atomic E-state index is 14.9. The molecule has 0 amide bonds. The van der Waals surface area contributed by atoms with Crippen LogP contribution in [-0.2, 0) is 0 Å². The number of fused-ring (bicyclic) bond motifs is 1. The molecule has 0 spiro atoms. The molecule has 0 aliphatic carbocycles. The molecule has 0 bridgehead atoms. The number of ether oxygens (including phenoxy) is 1. The van der Waals surface area contributed by atoms with Gasteiger partial charge >= 0.3 is 0 Å². The number of halogens is 2. The maximum Gasteiger partial charge on any atom is 0.164 e. The summed E-state index contributed by atoms with van der Waals surface area (Å²) in [6.07, 6.45) is 2.85. The normalized spacial score (nSPS) is 23.1. The number of aliphatic hydroxyl groups is 1. The summed E-state index contributed by atoms with van der Waals surface area (Å²) in [5, 5.41) is 13.1. The van der Waals surface area contributed by atoms with Gasteiger partial charge in [-0.2, -0.15) is 0 Å². The summed E-state index contributed by atoms with van der Waals surface area (Å²) < 4.78 is 33.9. The topological polar surface area (TPSA) is 119 Å². The highest BCUT2D eigenvalue weighted by molar-refractivity contribution is 8.15. The van der Waals surface area contributed by atoms with E-state index in [4.69, 9.17) is 10.5 Å². The number of benzene rings is 1. The Morgan fingerprint density at radius 3 is 2.75 bits per heavy atom. The first kappa shape index (κ1) is 22.2. The highest BCUT2D eigenvalue weighted by Gasteiger charge is 2.42. The molecule has 0 radical (unpaired) electrons. The standard InChI is InChI=1S/C21H22F2N6O2S/c1-10-17(29-20(24)32-21(10,2)8-30)13-4-11(5-14(22)16(13)23)28-19-18-15(26-9-27-19)6-12(31-3)7-25-18/h4-7,9-10,17,30H,8H2,1-3H3,(H2,24,29)(H,26,27,28)/t10-,17?,21+/m0/s1. The van der Waals surface area contributed by atoms with E-state index in [1.54, 1.807) is 6.07 Å². The molecule has 1 aliphatic rings. The average molecular weight is 461 g/mol.